The number of nitrogens with one attached hydrogen (secondary N) is 1. The summed E-state index contributed by atoms with van der Waals surface area (Å²) in [5.74, 6) is -1.35. The first-order valence-corrected chi connectivity index (χ1v) is 8.20. The average Bonchev–Trinajstić information content (AvgIpc) is 2.64. The van der Waals surface area contributed by atoms with Gasteiger partial charge < -0.3 is 19.9 Å². The number of alkyl halides is 2. The van der Waals surface area contributed by atoms with Crippen LogP contribution in [-0.4, -0.2) is 30.2 Å². The van der Waals surface area contributed by atoms with Crippen molar-refractivity contribution in [1.82, 2.24) is 5.32 Å². The third-order valence-electron chi connectivity index (χ3n) is 3.68. The normalized spacial score (nSPS) is 11.7. The topological polar surface area (TPSA) is 84.9 Å². The highest BCUT2D eigenvalue weighted by molar-refractivity contribution is 5.94. The number of halogens is 2. The smallest absolute Gasteiger partial charge is 0.387 e. The van der Waals surface area contributed by atoms with Crippen LogP contribution < -0.4 is 14.8 Å². The zero-order valence-electron chi connectivity index (χ0n) is 14.5. The van der Waals surface area contributed by atoms with Crippen LogP contribution in [0.25, 0.3) is 0 Å². The molecule has 1 unspecified atom stereocenters. The van der Waals surface area contributed by atoms with Crippen molar-refractivity contribution < 1.29 is 33.0 Å². The van der Waals surface area contributed by atoms with Gasteiger partial charge in [0.15, 0.2) is 6.61 Å². The molecule has 2 N–H and O–H groups in total. The lowest BCUT2D eigenvalue weighted by Gasteiger charge is -2.20. The van der Waals surface area contributed by atoms with E-state index >= 15 is 0 Å². The van der Waals surface area contributed by atoms with Crippen LogP contribution in [0.3, 0.4) is 0 Å². The van der Waals surface area contributed by atoms with Gasteiger partial charge in [-0.1, -0.05) is 31.2 Å². The minimum atomic E-state index is -2.97. The molecular weight excluding hydrogens is 360 g/mol. The SMILES string of the molecule is CCC(NC(=O)c1cccc(OCC(=O)O)c1)c1ccccc1OC(F)F. The van der Waals surface area contributed by atoms with Crippen LogP contribution in [-0.2, 0) is 4.79 Å². The first-order chi connectivity index (χ1) is 12.9. The molecule has 0 bridgehead atoms. The zero-order chi connectivity index (χ0) is 19.8. The van der Waals surface area contributed by atoms with E-state index in [0.29, 0.717) is 12.0 Å². The van der Waals surface area contributed by atoms with Crippen molar-refractivity contribution in [3.05, 3.63) is 59.7 Å². The molecule has 6 nitrogen and oxygen atoms in total. The molecule has 0 saturated carbocycles. The lowest BCUT2D eigenvalue weighted by Crippen LogP contribution is -2.28. The molecule has 0 saturated heterocycles. The molecule has 1 atom stereocenters. The fraction of sp³-hybridized carbons (Fsp3) is 0.263. The predicted octanol–water partition coefficient (Wildman–Crippen LogP) is 3.63. The molecule has 0 spiro atoms. The lowest BCUT2D eigenvalue weighted by atomic mass is 10.0. The van der Waals surface area contributed by atoms with Gasteiger partial charge in [0.2, 0.25) is 0 Å². The number of aliphatic carboxylic acids is 1. The van der Waals surface area contributed by atoms with Crippen LogP contribution >= 0.6 is 0 Å². The number of carbonyl (C=O) groups excluding carboxylic acids is 1. The molecule has 0 aliphatic rings. The Labute approximate surface area is 154 Å². The average molecular weight is 379 g/mol. The van der Waals surface area contributed by atoms with E-state index in [9.17, 15) is 18.4 Å². The van der Waals surface area contributed by atoms with Gasteiger partial charge in [0, 0.05) is 11.1 Å². The number of hydrogen-bond acceptors (Lipinski definition) is 4. The molecule has 0 aliphatic carbocycles. The van der Waals surface area contributed by atoms with Crippen molar-refractivity contribution in [2.45, 2.75) is 26.0 Å². The number of para-hydroxylation sites is 1. The van der Waals surface area contributed by atoms with Crippen LogP contribution in [0.15, 0.2) is 48.5 Å². The first-order valence-electron chi connectivity index (χ1n) is 8.20. The second-order valence-corrected chi connectivity index (χ2v) is 5.56. The first kappa shape index (κ1) is 20.2. The number of benzene rings is 2. The molecular formula is C19H19F2NO5. The Bertz CT molecular complexity index is 797. The highest BCUT2D eigenvalue weighted by Crippen LogP contribution is 2.28. The largest absolute Gasteiger partial charge is 0.482 e. The fourth-order valence-corrected chi connectivity index (χ4v) is 2.49. The summed E-state index contributed by atoms with van der Waals surface area (Å²) in [7, 11) is 0. The van der Waals surface area contributed by atoms with Gasteiger partial charge in [-0.3, -0.25) is 4.79 Å². The molecule has 0 fully saturated rings. The lowest BCUT2D eigenvalue weighted by molar-refractivity contribution is -0.139. The fourth-order valence-electron chi connectivity index (χ4n) is 2.49. The van der Waals surface area contributed by atoms with Gasteiger partial charge in [0.25, 0.3) is 5.91 Å². The predicted molar refractivity (Wildman–Crippen MR) is 93.1 cm³/mol. The summed E-state index contributed by atoms with van der Waals surface area (Å²) >= 11 is 0. The maximum absolute atomic E-state index is 12.6. The standard InChI is InChI=1S/C19H19F2NO5/c1-2-15(14-8-3-4-9-16(14)27-19(20)21)22-18(25)12-6-5-7-13(10-12)26-11-17(23)24/h3-10,15,19H,2,11H2,1H3,(H,22,25)(H,23,24). The molecule has 27 heavy (non-hydrogen) atoms. The molecule has 1 amide bonds. The monoisotopic (exact) mass is 379 g/mol. The number of carboxylic acid groups (broad SMARTS) is 1. The number of carboxylic acids is 1. The number of hydrogen-bond donors (Lipinski definition) is 2. The number of carbonyl (C=O) groups is 2. The van der Waals surface area contributed by atoms with Crippen LogP contribution in [0.1, 0.15) is 35.3 Å². The summed E-state index contributed by atoms with van der Waals surface area (Å²) in [6.07, 6.45) is 0.449. The Kier molecular flexibility index (Phi) is 7.10. The van der Waals surface area contributed by atoms with Crippen LogP contribution in [0.4, 0.5) is 8.78 Å². The van der Waals surface area contributed by atoms with E-state index in [-0.39, 0.29) is 17.1 Å². The van der Waals surface area contributed by atoms with E-state index in [1.807, 2.05) is 0 Å². The van der Waals surface area contributed by atoms with Gasteiger partial charge in [0.05, 0.1) is 6.04 Å². The summed E-state index contributed by atoms with van der Waals surface area (Å²) in [6, 6.07) is 11.8. The second kappa shape index (κ2) is 9.51. The maximum atomic E-state index is 12.6. The van der Waals surface area contributed by atoms with Gasteiger partial charge >= 0.3 is 12.6 Å². The molecule has 2 aromatic carbocycles. The van der Waals surface area contributed by atoms with E-state index in [4.69, 9.17) is 9.84 Å². The summed E-state index contributed by atoms with van der Waals surface area (Å²) in [5, 5.41) is 11.4. The van der Waals surface area contributed by atoms with Crippen molar-refractivity contribution in [2.75, 3.05) is 6.61 Å². The molecule has 2 aromatic rings. The van der Waals surface area contributed by atoms with Crippen LogP contribution in [0.2, 0.25) is 0 Å². The molecule has 144 valence electrons. The highest BCUT2D eigenvalue weighted by Gasteiger charge is 2.19. The van der Waals surface area contributed by atoms with E-state index in [2.05, 4.69) is 10.1 Å². The quantitative estimate of drug-likeness (QED) is 0.695. The minimum Gasteiger partial charge on any atom is -0.482 e. The number of rotatable bonds is 9. The maximum Gasteiger partial charge on any atom is 0.387 e. The Balaban J connectivity index is 2.16. The van der Waals surface area contributed by atoms with E-state index in [1.54, 1.807) is 31.2 Å². The Morgan fingerprint density at radius 3 is 2.56 bits per heavy atom. The van der Waals surface area contributed by atoms with Gasteiger partial charge in [0.1, 0.15) is 11.5 Å². The molecule has 0 aromatic heterocycles. The molecule has 0 radical (unpaired) electrons. The third kappa shape index (κ3) is 5.95. The molecule has 2 rings (SSSR count). The van der Waals surface area contributed by atoms with Crippen molar-refractivity contribution >= 4 is 11.9 Å². The molecule has 8 heteroatoms. The highest BCUT2D eigenvalue weighted by atomic mass is 19.3. The Hall–Kier alpha value is -3.16. The third-order valence-corrected chi connectivity index (χ3v) is 3.68. The van der Waals surface area contributed by atoms with Crippen molar-refractivity contribution in [3.8, 4) is 11.5 Å². The van der Waals surface area contributed by atoms with E-state index in [1.165, 1.54) is 24.3 Å². The van der Waals surface area contributed by atoms with Crippen LogP contribution in [0, 0.1) is 0 Å². The minimum absolute atomic E-state index is 0.00167. The Morgan fingerprint density at radius 2 is 1.89 bits per heavy atom. The van der Waals surface area contributed by atoms with Gasteiger partial charge in [-0.05, 0) is 30.7 Å². The van der Waals surface area contributed by atoms with Crippen LogP contribution in [0.5, 0.6) is 11.5 Å². The van der Waals surface area contributed by atoms with Gasteiger partial charge in [-0.2, -0.15) is 8.78 Å². The summed E-state index contributed by atoms with van der Waals surface area (Å²) in [4.78, 5) is 23.1. The molecule has 0 aliphatic heterocycles. The summed E-state index contributed by atoms with van der Waals surface area (Å²) < 4.78 is 34.8. The van der Waals surface area contributed by atoms with E-state index in [0.717, 1.165) is 0 Å². The van der Waals surface area contributed by atoms with Gasteiger partial charge in [-0.15, -0.1) is 0 Å². The summed E-state index contributed by atoms with van der Waals surface area (Å²) in [5.41, 5.74) is 0.690. The number of ether oxygens (including phenoxy) is 2. The summed E-state index contributed by atoms with van der Waals surface area (Å²) in [6.45, 7) is -1.69. The molecule has 0 heterocycles. The zero-order valence-corrected chi connectivity index (χ0v) is 14.5. The van der Waals surface area contributed by atoms with Gasteiger partial charge in [-0.25, -0.2) is 4.79 Å². The van der Waals surface area contributed by atoms with Crippen molar-refractivity contribution in [1.29, 1.82) is 0 Å². The number of amides is 1. The van der Waals surface area contributed by atoms with Crippen molar-refractivity contribution in [3.63, 3.8) is 0 Å². The van der Waals surface area contributed by atoms with E-state index < -0.39 is 31.1 Å². The Morgan fingerprint density at radius 1 is 1.15 bits per heavy atom. The van der Waals surface area contributed by atoms with Crippen molar-refractivity contribution in [2.24, 2.45) is 0 Å². The second-order valence-electron chi connectivity index (χ2n) is 5.56.